The summed E-state index contributed by atoms with van der Waals surface area (Å²) in [4.78, 5) is 11.3. The monoisotopic (exact) mass is 311 g/mol. The topological polar surface area (TPSA) is 57.0 Å². The van der Waals surface area contributed by atoms with E-state index >= 15 is 0 Å². The Bertz CT molecular complexity index is 845. The van der Waals surface area contributed by atoms with E-state index in [0.29, 0.717) is 30.0 Å². The van der Waals surface area contributed by atoms with E-state index in [1.165, 1.54) is 10.7 Å². The molecule has 0 aliphatic heterocycles. The summed E-state index contributed by atoms with van der Waals surface area (Å²) in [6.07, 6.45) is 0.564. The molecule has 3 aromatic rings. The van der Waals surface area contributed by atoms with E-state index in [4.69, 9.17) is 4.74 Å². The zero-order valence-electron chi connectivity index (χ0n) is 12.4. The van der Waals surface area contributed by atoms with Crippen LogP contribution < -0.4 is 4.74 Å². The van der Waals surface area contributed by atoms with E-state index < -0.39 is 5.82 Å². The number of nitrogens with zero attached hydrogens (tertiary/aromatic N) is 3. The van der Waals surface area contributed by atoms with Crippen molar-refractivity contribution < 1.29 is 13.9 Å². The van der Waals surface area contributed by atoms with Crippen molar-refractivity contribution in [1.29, 1.82) is 0 Å². The fourth-order valence-electron chi connectivity index (χ4n) is 2.36. The summed E-state index contributed by atoms with van der Waals surface area (Å²) in [5, 5.41) is 7.86. The van der Waals surface area contributed by atoms with Gasteiger partial charge >= 0.3 is 0 Å². The summed E-state index contributed by atoms with van der Waals surface area (Å²) in [7, 11) is 0. The zero-order chi connectivity index (χ0) is 16.2. The summed E-state index contributed by atoms with van der Waals surface area (Å²) in [5.41, 5.74) is 1.21. The third kappa shape index (κ3) is 2.70. The SMILES string of the molecule is CCOc1ccccc1-n1nnc(C=O)c1-c1ccccc1F. The summed E-state index contributed by atoms with van der Waals surface area (Å²) in [5.74, 6) is 0.128. The van der Waals surface area contributed by atoms with Gasteiger partial charge in [0.2, 0.25) is 0 Å². The molecule has 2 aromatic carbocycles. The minimum absolute atomic E-state index is 0.0707. The fourth-order valence-corrected chi connectivity index (χ4v) is 2.36. The number of carbonyl (C=O) groups is 1. The average Bonchev–Trinajstić information content (AvgIpc) is 3.00. The van der Waals surface area contributed by atoms with E-state index in [0.717, 1.165) is 0 Å². The van der Waals surface area contributed by atoms with Crippen LogP contribution in [-0.4, -0.2) is 27.9 Å². The highest BCUT2D eigenvalue weighted by molar-refractivity contribution is 5.84. The number of aldehydes is 1. The number of para-hydroxylation sites is 2. The summed E-state index contributed by atoms with van der Waals surface area (Å²) in [6.45, 7) is 2.34. The molecule has 0 bridgehead atoms. The second-order valence-electron chi connectivity index (χ2n) is 4.73. The number of benzene rings is 2. The molecular weight excluding hydrogens is 297 g/mol. The van der Waals surface area contributed by atoms with Gasteiger partial charge < -0.3 is 4.74 Å². The quantitative estimate of drug-likeness (QED) is 0.679. The number of carbonyl (C=O) groups excluding carboxylic acids is 1. The second kappa shape index (κ2) is 6.39. The molecule has 0 aliphatic rings. The zero-order valence-corrected chi connectivity index (χ0v) is 12.4. The van der Waals surface area contributed by atoms with Gasteiger partial charge in [0.25, 0.3) is 0 Å². The first-order valence-electron chi connectivity index (χ1n) is 7.14. The number of halogens is 1. The minimum Gasteiger partial charge on any atom is -0.492 e. The van der Waals surface area contributed by atoms with Gasteiger partial charge in [-0.1, -0.05) is 29.5 Å². The lowest BCUT2D eigenvalue weighted by Gasteiger charge is -2.12. The molecule has 0 fully saturated rings. The van der Waals surface area contributed by atoms with Gasteiger partial charge in [-0.05, 0) is 31.2 Å². The minimum atomic E-state index is -0.451. The molecule has 0 spiro atoms. The van der Waals surface area contributed by atoms with Gasteiger partial charge in [0, 0.05) is 5.56 Å². The Morgan fingerprint density at radius 3 is 2.65 bits per heavy atom. The van der Waals surface area contributed by atoms with Crippen LogP contribution in [0.4, 0.5) is 4.39 Å². The normalized spacial score (nSPS) is 10.5. The van der Waals surface area contributed by atoms with Crippen LogP contribution in [0.25, 0.3) is 16.9 Å². The van der Waals surface area contributed by atoms with Crippen molar-refractivity contribution in [2.24, 2.45) is 0 Å². The molecular formula is C17H14FN3O2. The predicted octanol–water partition coefficient (Wildman–Crippen LogP) is 3.28. The average molecular weight is 311 g/mol. The van der Waals surface area contributed by atoms with Crippen LogP contribution in [0.1, 0.15) is 17.4 Å². The van der Waals surface area contributed by atoms with Crippen LogP contribution >= 0.6 is 0 Å². The van der Waals surface area contributed by atoms with Crippen molar-refractivity contribution in [3.05, 3.63) is 60.0 Å². The third-order valence-corrected chi connectivity index (χ3v) is 3.33. The Balaban J connectivity index is 2.25. The first kappa shape index (κ1) is 14.9. The molecule has 5 nitrogen and oxygen atoms in total. The molecule has 1 aromatic heterocycles. The second-order valence-corrected chi connectivity index (χ2v) is 4.73. The van der Waals surface area contributed by atoms with Crippen molar-refractivity contribution in [2.75, 3.05) is 6.61 Å². The fraction of sp³-hybridized carbons (Fsp3) is 0.118. The van der Waals surface area contributed by atoms with Gasteiger partial charge in [-0.3, -0.25) is 4.79 Å². The van der Waals surface area contributed by atoms with Crippen LogP contribution in [0.2, 0.25) is 0 Å². The Morgan fingerprint density at radius 2 is 1.91 bits per heavy atom. The number of hydrogen-bond donors (Lipinski definition) is 0. The molecule has 116 valence electrons. The highest BCUT2D eigenvalue weighted by atomic mass is 19.1. The lowest BCUT2D eigenvalue weighted by Crippen LogP contribution is -2.04. The van der Waals surface area contributed by atoms with Gasteiger partial charge in [0.1, 0.15) is 22.9 Å². The molecule has 0 radical (unpaired) electrons. The van der Waals surface area contributed by atoms with Crippen LogP contribution in [-0.2, 0) is 0 Å². The van der Waals surface area contributed by atoms with Crippen LogP contribution in [0, 0.1) is 5.82 Å². The maximum Gasteiger partial charge on any atom is 0.172 e. The van der Waals surface area contributed by atoms with Crippen LogP contribution in [0.5, 0.6) is 5.75 Å². The summed E-state index contributed by atoms with van der Waals surface area (Å²) in [6, 6.07) is 13.4. The largest absolute Gasteiger partial charge is 0.492 e. The van der Waals surface area contributed by atoms with Gasteiger partial charge in [-0.25, -0.2) is 9.07 Å². The smallest absolute Gasteiger partial charge is 0.172 e. The van der Waals surface area contributed by atoms with E-state index in [2.05, 4.69) is 10.3 Å². The molecule has 0 aliphatic carbocycles. The molecule has 23 heavy (non-hydrogen) atoms. The standard InChI is InChI=1S/C17H14FN3O2/c1-2-23-16-10-6-5-9-15(16)21-17(14(11-22)19-20-21)12-7-3-4-8-13(12)18/h3-11H,2H2,1H3. The molecule has 1 heterocycles. The predicted molar refractivity (Wildman–Crippen MR) is 83.3 cm³/mol. The van der Waals surface area contributed by atoms with E-state index in [1.54, 1.807) is 30.3 Å². The summed E-state index contributed by atoms with van der Waals surface area (Å²) >= 11 is 0. The van der Waals surface area contributed by atoms with Gasteiger partial charge in [-0.15, -0.1) is 5.10 Å². The lowest BCUT2D eigenvalue weighted by molar-refractivity contribution is 0.111. The first-order valence-corrected chi connectivity index (χ1v) is 7.14. The van der Waals surface area contributed by atoms with Gasteiger partial charge in [-0.2, -0.15) is 0 Å². The third-order valence-electron chi connectivity index (χ3n) is 3.33. The highest BCUT2D eigenvalue weighted by Gasteiger charge is 2.20. The van der Waals surface area contributed by atoms with E-state index in [9.17, 15) is 9.18 Å². The molecule has 0 unspecified atom stereocenters. The van der Waals surface area contributed by atoms with Gasteiger partial charge in [0.05, 0.1) is 6.61 Å². The maximum absolute atomic E-state index is 14.2. The van der Waals surface area contributed by atoms with Crippen LogP contribution in [0.3, 0.4) is 0 Å². The Labute approximate surface area is 132 Å². The van der Waals surface area contributed by atoms with Crippen molar-refractivity contribution in [1.82, 2.24) is 15.0 Å². The molecule has 6 heteroatoms. The van der Waals surface area contributed by atoms with Crippen molar-refractivity contribution in [2.45, 2.75) is 6.92 Å². The van der Waals surface area contributed by atoms with Crippen LogP contribution in [0.15, 0.2) is 48.5 Å². The van der Waals surface area contributed by atoms with Crippen molar-refractivity contribution in [3.8, 4) is 22.7 Å². The Morgan fingerprint density at radius 1 is 1.17 bits per heavy atom. The van der Waals surface area contributed by atoms with Gasteiger partial charge in [0.15, 0.2) is 12.0 Å². The molecule has 0 amide bonds. The number of hydrogen-bond acceptors (Lipinski definition) is 4. The molecule has 0 saturated carbocycles. The maximum atomic E-state index is 14.2. The van der Waals surface area contributed by atoms with E-state index in [-0.39, 0.29) is 11.3 Å². The molecule has 0 saturated heterocycles. The molecule has 3 rings (SSSR count). The lowest BCUT2D eigenvalue weighted by atomic mass is 10.1. The number of rotatable bonds is 5. The highest BCUT2D eigenvalue weighted by Crippen LogP contribution is 2.30. The number of ether oxygens (including phenoxy) is 1. The van der Waals surface area contributed by atoms with Crippen molar-refractivity contribution >= 4 is 6.29 Å². The Kier molecular flexibility index (Phi) is 4.14. The van der Waals surface area contributed by atoms with E-state index in [1.807, 2.05) is 19.1 Å². The molecule has 0 N–H and O–H groups in total. The Hall–Kier alpha value is -3.02. The number of aromatic nitrogens is 3. The molecule has 0 atom stereocenters. The van der Waals surface area contributed by atoms with Crippen molar-refractivity contribution in [3.63, 3.8) is 0 Å². The summed E-state index contributed by atoms with van der Waals surface area (Å²) < 4.78 is 21.2. The first-order chi connectivity index (χ1) is 11.3.